The molecule has 1 rings (SSSR count). The largest absolute Gasteiger partial charge is 0.383 e. The van der Waals surface area contributed by atoms with E-state index in [-0.39, 0.29) is 5.56 Å². The highest BCUT2D eigenvalue weighted by Crippen LogP contribution is 1.96. The fourth-order valence-electron chi connectivity index (χ4n) is 1.31. The summed E-state index contributed by atoms with van der Waals surface area (Å²) >= 11 is 0. The maximum atomic E-state index is 11.4. The number of rotatable bonds is 4. The average Bonchev–Trinajstić information content (AvgIpc) is 2.15. The van der Waals surface area contributed by atoms with Crippen molar-refractivity contribution < 1.29 is 4.74 Å². The van der Waals surface area contributed by atoms with Gasteiger partial charge < -0.3 is 9.30 Å². The number of pyridine rings is 1. The SMILES string of the molecule is CCc1cccc(=O)n1CCOC. The van der Waals surface area contributed by atoms with Crippen LogP contribution in [0.4, 0.5) is 0 Å². The van der Waals surface area contributed by atoms with Gasteiger partial charge in [0.2, 0.25) is 0 Å². The topological polar surface area (TPSA) is 31.2 Å². The minimum Gasteiger partial charge on any atom is -0.383 e. The van der Waals surface area contributed by atoms with Gasteiger partial charge in [-0.05, 0) is 12.5 Å². The van der Waals surface area contributed by atoms with E-state index in [0.29, 0.717) is 13.2 Å². The maximum absolute atomic E-state index is 11.4. The average molecular weight is 181 g/mol. The highest BCUT2D eigenvalue weighted by atomic mass is 16.5. The van der Waals surface area contributed by atoms with Crippen molar-refractivity contribution in [3.63, 3.8) is 0 Å². The lowest BCUT2D eigenvalue weighted by molar-refractivity contribution is 0.185. The lowest BCUT2D eigenvalue weighted by Gasteiger charge is -2.09. The Kier molecular flexibility index (Phi) is 3.71. The van der Waals surface area contributed by atoms with Crippen LogP contribution in [0.15, 0.2) is 23.0 Å². The maximum Gasteiger partial charge on any atom is 0.250 e. The smallest absolute Gasteiger partial charge is 0.250 e. The predicted molar refractivity (Wildman–Crippen MR) is 52.0 cm³/mol. The second-order valence-corrected chi connectivity index (χ2v) is 2.85. The van der Waals surface area contributed by atoms with E-state index in [1.54, 1.807) is 23.8 Å². The molecule has 0 fully saturated rings. The van der Waals surface area contributed by atoms with E-state index in [2.05, 4.69) is 0 Å². The van der Waals surface area contributed by atoms with E-state index in [9.17, 15) is 4.79 Å². The molecular weight excluding hydrogens is 166 g/mol. The van der Waals surface area contributed by atoms with E-state index in [1.165, 1.54) is 0 Å². The van der Waals surface area contributed by atoms with Crippen LogP contribution in [0.25, 0.3) is 0 Å². The Morgan fingerprint density at radius 3 is 2.85 bits per heavy atom. The first-order valence-corrected chi connectivity index (χ1v) is 4.47. The van der Waals surface area contributed by atoms with Crippen molar-refractivity contribution in [2.45, 2.75) is 19.9 Å². The lowest BCUT2D eigenvalue weighted by Crippen LogP contribution is -2.24. The van der Waals surface area contributed by atoms with Gasteiger partial charge in [0.1, 0.15) is 0 Å². The van der Waals surface area contributed by atoms with Gasteiger partial charge in [0.25, 0.3) is 5.56 Å². The number of ether oxygens (including phenoxy) is 1. The quantitative estimate of drug-likeness (QED) is 0.695. The molecule has 0 saturated heterocycles. The fourth-order valence-corrected chi connectivity index (χ4v) is 1.31. The molecule has 0 atom stereocenters. The zero-order valence-corrected chi connectivity index (χ0v) is 8.12. The van der Waals surface area contributed by atoms with Gasteiger partial charge >= 0.3 is 0 Å². The van der Waals surface area contributed by atoms with Gasteiger partial charge in [0.15, 0.2) is 0 Å². The Hall–Kier alpha value is -1.09. The molecule has 0 aliphatic rings. The predicted octanol–water partition coefficient (Wildman–Crippen LogP) is 1.06. The second kappa shape index (κ2) is 4.82. The van der Waals surface area contributed by atoms with Crippen LogP contribution in [0, 0.1) is 0 Å². The molecule has 1 aromatic rings. The van der Waals surface area contributed by atoms with Gasteiger partial charge in [-0.2, -0.15) is 0 Å². The molecule has 0 saturated carbocycles. The van der Waals surface area contributed by atoms with Crippen molar-refractivity contribution in [3.8, 4) is 0 Å². The van der Waals surface area contributed by atoms with Gasteiger partial charge in [-0.3, -0.25) is 4.79 Å². The van der Waals surface area contributed by atoms with Gasteiger partial charge in [-0.25, -0.2) is 0 Å². The first-order valence-electron chi connectivity index (χ1n) is 4.47. The van der Waals surface area contributed by atoms with Crippen LogP contribution in [-0.2, 0) is 17.7 Å². The number of methoxy groups -OCH3 is 1. The van der Waals surface area contributed by atoms with Crippen molar-refractivity contribution in [1.82, 2.24) is 4.57 Å². The molecule has 0 aliphatic carbocycles. The molecule has 0 radical (unpaired) electrons. The van der Waals surface area contributed by atoms with E-state index >= 15 is 0 Å². The summed E-state index contributed by atoms with van der Waals surface area (Å²) in [4.78, 5) is 11.4. The molecular formula is C10H15NO2. The highest BCUT2D eigenvalue weighted by Gasteiger charge is 1.99. The lowest BCUT2D eigenvalue weighted by atomic mass is 10.3. The molecule has 1 aromatic heterocycles. The summed E-state index contributed by atoms with van der Waals surface area (Å²) in [6.07, 6.45) is 0.875. The van der Waals surface area contributed by atoms with Crippen LogP contribution < -0.4 is 5.56 Å². The van der Waals surface area contributed by atoms with E-state index in [4.69, 9.17) is 4.74 Å². The van der Waals surface area contributed by atoms with Crippen molar-refractivity contribution in [2.24, 2.45) is 0 Å². The minimum atomic E-state index is 0.0522. The molecule has 3 nitrogen and oxygen atoms in total. The van der Waals surface area contributed by atoms with E-state index < -0.39 is 0 Å². The van der Waals surface area contributed by atoms with Crippen LogP contribution in [0.3, 0.4) is 0 Å². The zero-order chi connectivity index (χ0) is 9.68. The second-order valence-electron chi connectivity index (χ2n) is 2.85. The number of hydrogen-bond acceptors (Lipinski definition) is 2. The highest BCUT2D eigenvalue weighted by molar-refractivity contribution is 5.06. The third-order valence-electron chi connectivity index (χ3n) is 2.02. The number of aryl methyl sites for hydroxylation is 1. The molecule has 1 heterocycles. The number of aromatic nitrogens is 1. The van der Waals surface area contributed by atoms with Crippen molar-refractivity contribution in [2.75, 3.05) is 13.7 Å². The Morgan fingerprint density at radius 1 is 1.46 bits per heavy atom. The summed E-state index contributed by atoms with van der Waals surface area (Å²) in [5, 5.41) is 0. The molecule has 0 aliphatic heterocycles. The number of hydrogen-bond donors (Lipinski definition) is 0. The van der Waals surface area contributed by atoms with Crippen molar-refractivity contribution >= 4 is 0 Å². The zero-order valence-electron chi connectivity index (χ0n) is 8.12. The summed E-state index contributed by atoms with van der Waals surface area (Å²) in [6, 6.07) is 5.34. The molecule has 0 unspecified atom stereocenters. The third kappa shape index (κ3) is 2.42. The van der Waals surface area contributed by atoms with Gasteiger partial charge in [0, 0.05) is 25.4 Å². The summed E-state index contributed by atoms with van der Waals surface area (Å²) in [5.74, 6) is 0. The van der Waals surface area contributed by atoms with Gasteiger partial charge in [0.05, 0.1) is 6.61 Å². The Labute approximate surface area is 78.0 Å². The molecule has 0 amide bonds. The van der Waals surface area contributed by atoms with Crippen LogP contribution in [0.2, 0.25) is 0 Å². The van der Waals surface area contributed by atoms with Crippen LogP contribution in [0.5, 0.6) is 0 Å². The normalized spacial score (nSPS) is 10.3. The molecule has 72 valence electrons. The fraction of sp³-hybridized carbons (Fsp3) is 0.500. The van der Waals surface area contributed by atoms with Crippen LogP contribution in [0.1, 0.15) is 12.6 Å². The minimum absolute atomic E-state index is 0.0522. The summed E-state index contributed by atoms with van der Waals surface area (Å²) < 4.78 is 6.69. The first-order chi connectivity index (χ1) is 6.29. The van der Waals surface area contributed by atoms with Gasteiger partial charge in [-0.1, -0.05) is 13.0 Å². The van der Waals surface area contributed by atoms with E-state index in [0.717, 1.165) is 12.1 Å². The molecule has 3 heteroatoms. The molecule has 0 spiro atoms. The first kappa shape index (κ1) is 9.99. The van der Waals surface area contributed by atoms with Crippen LogP contribution >= 0.6 is 0 Å². The van der Waals surface area contributed by atoms with Crippen molar-refractivity contribution in [3.05, 3.63) is 34.2 Å². The molecule has 0 N–H and O–H groups in total. The number of nitrogens with zero attached hydrogens (tertiary/aromatic N) is 1. The van der Waals surface area contributed by atoms with Gasteiger partial charge in [-0.15, -0.1) is 0 Å². The molecule has 0 bridgehead atoms. The van der Waals surface area contributed by atoms with Crippen molar-refractivity contribution in [1.29, 1.82) is 0 Å². The Bertz CT molecular complexity index is 317. The Morgan fingerprint density at radius 2 is 2.23 bits per heavy atom. The standard InChI is InChI=1S/C10H15NO2/c1-3-9-5-4-6-10(12)11(9)7-8-13-2/h4-6H,3,7-8H2,1-2H3. The summed E-state index contributed by atoms with van der Waals surface area (Å²) in [7, 11) is 1.64. The van der Waals surface area contributed by atoms with Crippen LogP contribution in [-0.4, -0.2) is 18.3 Å². The summed E-state index contributed by atoms with van der Waals surface area (Å²) in [5.41, 5.74) is 1.11. The Balaban J connectivity index is 2.94. The molecule has 0 aromatic carbocycles. The monoisotopic (exact) mass is 181 g/mol. The molecule has 13 heavy (non-hydrogen) atoms. The van der Waals surface area contributed by atoms with E-state index in [1.807, 2.05) is 13.0 Å². The third-order valence-corrected chi connectivity index (χ3v) is 2.02. The summed E-state index contributed by atoms with van der Waals surface area (Å²) in [6.45, 7) is 3.26.